The lowest BCUT2D eigenvalue weighted by Crippen LogP contribution is -2.48. The van der Waals surface area contributed by atoms with Crippen LogP contribution in [0.1, 0.15) is 15.9 Å². The topological polar surface area (TPSA) is 91.7 Å². The van der Waals surface area contributed by atoms with E-state index in [1.165, 1.54) is 10.6 Å². The number of hydrogen-bond acceptors (Lipinski definition) is 4. The smallest absolute Gasteiger partial charge is 0.253 e. The number of anilines is 1. The van der Waals surface area contributed by atoms with Gasteiger partial charge in [-0.25, -0.2) is 0 Å². The van der Waals surface area contributed by atoms with Crippen LogP contribution < -0.4 is 10.9 Å². The van der Waals surface area contributed by atoms with Gasteiger partial charge in [-0.15, -0.1) is 0 Å². The van der Waals surface area contributed by atoms with Gasteiger partial charge in [-0.2, -0.15) is 0 Å². The van der Waals surface area contributed by atoms with Crippen LogP contribution in [-0.4, -0.2) is 58.8 Å². The number of hydrogen-bond donors (Lipinski definition) is 1. The first-order chi connectivity index (χ1) is 13.5. The maximum atomic E-state index is 12.5. The number of nitrogens with one attached hydrogen (secondary N) is 1. The van der Waals surface area contributed by atoms with Gasteiger partial charge in [-0.1, -0.05) is 6.07 Å². The van der Waals surface area contributed by atoms with Crippen molar-refractivity contribution in [3.8, 4) is 0 Å². The van der Waals surface area contributed by atoms with Crippen LogP contribution in [-0.2, 0) is 16.1 Å². The van der Waals surface area contributed by atoms with Crippen molar-refractivity contribution in [2.24, 2.45) is 0 Å². The van der Waals surface area contributed by atoms with Crippen LogP contribution in [0.2, 0.25) is 0 Å². The molecule has 1 aliphatic heterocycles. The predicted molar refractivity (Wildman–Crippen MR) is 104 cm³/mol. The number of carbonyl (C=O) groups is 3. The van der Waals surface area contributed by atoms with E-state index >= 15 is 0 Å². The van der Waals surface area contributed by atoms with Crippen molar-refractivity contribution in [2.45, 2.75) is 13.5 Å². The van der Waals surface area contributed by atoms with Crippen molar-refractivity contribution in [1.29, 1.82) is 0 Å². The molecular formula is C20H22N4O4. The molecule has 1 saturated heterocycles. The number of nitrogens with zero attached hydrogens (tertiary/aromatic N) is 3. The molecule has 0 radical (unpaired) electrons. The second kappa shape index (κ2) is 8.51. The molecular weight excluding hydrogens is 360 g/mol. The number of aryl methyl sites for hydroxylation is 1. The summed E-state index contributed by atoms with van der Waals surface area (Å²) in [5.74, 6) is -0.425. The lowest BCUT2D eigenvalue weighted by molar-refractivity contribution is -0.119. The van der Waals surface area contributed by atoms with E-state index < -0.39 is 0 Å². The molecule has 28 heavy (non-hydrogen) atoms. The minimum Gasteiger partial charge on any atom is -0.342 e. The second-order valence-corrected chi connectivity index (χ2v) is 6.73. The number of benzene rings is 1. The molecule has 8 nitrogen and oxygen atoms in total. The molecule has 3 amide bonds. The second-order valence-electron chi connectivity index (χ2n) is 6.73. The molecule has 146 valence electrons. The van der Waals surface area contributed by atoms with Crippen LogP contribution in [0.15, 0.2) is 47.4 Å². The van der Waals surface area contributed by atoms with Gasteiger partial charge >= 0.3 is 0 Å². The third kappa shape index (κ3) is 4.64. The summed E-state index contributed by atoms with van der Waals surface area (Å²) in [4.78, 5) is 50.6. The largest absolute Gasteiger partial charge is 0.342 e. The van der Waals surface area contributed by atoms with Crippen LogP contribution in [0.25, 0.3) is 0 Å². The van der Waals surface area contributed by atoms with Gasteiger partial charge in [0.2, 0.25) is 12.3 Å². The Bertz CT molecular complexity index is 928. The van der Waals surface area contributed by atoms with Crippen LogP contribution in [0.5, 0.6) is 0 Å². The summed E-state index contributed by atoms with van der Waals surface area (Å²) in [6.45, 7) is 3.83. The molecule has 1 fully saturated rings. The molecule has 3 rings (SSSR count). The molecule has 1 aromatic carbocycles. The SMILES string of the molecule is Cc1ccc(=O)n(CC(=O)Nc2ccc(C(=O)N3CCN(C=O)CC3)cc2)c1. The molecule has 0 atom stereocenters. The molecule has 1 aromatic heterocycles. The lowest BCUT2D eigenvalue weighted by atomic mass is 10.1. The summed E-state index contributed by atoms with van der Waals surface area (Å²) < 4.78 is 1.35. The van der Waals surface area contributed by atoms with Crippen molar-refractivity contribution in [1.82, 2.24) is 14.4 Å². The van der Waals surface area contributed by atoms with E-state index in [-0.39, 0.29) is 23.9 Å². The third-order valence-electron chi connectivity index (χ3n) is 4.61. The number of pyridine rings is 1. The van der Waals surface area contributed by atoms with E-state index in [1.54, 1.807) is 46.3 Å². The van der Waals surface area contributed by atoms with E-state index in [0.29, 0.717) is 37.4 Å². The van der Waals surface area contributed by atoms with Gasteiger partial charge in [0, 0.05) is 49.7 Å². The van der Waals surface area contributed by atoms with E-state index in [4.69, 9.17) is 0 Å². The monoisotopic (exact) mass is 382 g/mol. The van der Waals surface area contributed by atoms with Crippen molar-refractivity contribution in [3.05, 3.63) is 64.1 Å². The standard InChI is InChI=1S/C20H22N4O4/c1-15-2-7-19(27)24(12-15)13-18(26)21-17-5-3-16(4-6-17)20(28)23-10-8-22(14-25)9-11-23/h2-7,12,14H,8-11,13H2,1H3,(H,21,26). The Morgan fingerprint density at radius 2 is 1.71 bits per heavy atom. The molecule has 0 aliphatic carbocycles. The van der Waals surface area contributed by atoms with Crippen LogP contribution in [0.4, 0.5) is 5.69 Å². The van der Waals surface area contributed by atoms with E-state index in [2.05, 4.69) is 5.32 Å². The predicted octanol–water partition coefficient (Wildman–Crippen LogP) is 0.710. The fraction of sp³-hybridized carbons (Fsp3) is 0.300. The summed E-state index contributed by atoms with van der Waals surface area (Å²) in [6.07, 6.45) is 2.43. The minimum absolute atomic E-state index is 0.0811. The average molecular weight is 382 g/mol. The Kier molecular flexibility index (Phi) is 5.88. The van der Waals surface area contributed by atoms with E-state index in [9.17, 15) is 19.2 Å². The highest BCUT2D eigenvalue weighted by molar-refractivity contribution is 5.96. The summed E-state index contributed by atoms with van der Waals surface area (Å²) in [5, 5.41) is 2.73. The molecule has 8 heteroatoms. The van der Waals surface area contributed by atoms with Gasteiger partial charge in [0.25, 0.3) is 11.5 Å². The number of aromatic nitrogens is 1. The van der Waals surface area contributed by atoms with Gasteiger partial charge in [0.15, 0.2) is 0 Å². The van der Waals surface area contributed by atoms with Crippen molar-refractivity contribution in [3.63, 3.8) is 0 Å². The minimum atomic E-state index is -0.322. The zero-order chi connectivity index (χ0) is 20.1. The highest BCUT2D eigenvalue weighted by atomic mass is 16.2. The number of amides is 3. The normalized spacial score (nSPS) is 13.9. The van der Waals surface area contributed by atoms with Gasteiger partial charge < -0.3 is 19.7 Å². The van der Waals surface area contributed by atoms with Gasteiger partial charge in [0.1, 0.15) is 6.54 Å². The van der Waals surface area contributed by atoms with Crippen molar-refractivity contribution < 1.29 is 14.4 Å². The summed E-state index contributed by atoms with van der Waals surface area (Å²) >= 11 is 0. The van der Waals surface area contributed by atoms with Crippen molar-refractivity contribution >= 4 is 23.9 Å². The Labute approximate surface area is 162 Å². The summed E-state index contributed by atoms with van der Waals surface area (Å²) in [6, 6.07) is 9.76. The van der Waals surface area contributed by atoms with E-state index in [0.717, 1.165) is 12.0 Å². The number of rotatable bonds is 5. The fourth-order valence-corrected chi connectivity index (χ4v) is 3.04. The summed E-state index contributed by atoms with van der Waals surface area (Å²) in [7, 11) is 0. The number of carbonyl (C=O) groups excluding carboxylic acids is 3. The highest BCUT2D eigenvalue weighted by Gasteiger charge is 2.21. The van der Waals surface area contributed by atoms with Crippen molar-refractivity contribution in [2.75, 3.05) is 31.5 Å². The molecule has 1 aliphatic rings. The van der Waals surface area contributed by atoms with Crippen LogP contribution in [0.3, 0.4) is 0 Å². The van der Waals surface area contributed by atoms with Crippen LogP contribution >= 0.6 is 0 Å². The molecule has 0 bridgehead atoms. The Morgan fingerprint density at radius 3 is 2.36 bits per heavy atom. The molecule has 1 N–H and O–H groups in total. The number of piperazine rings is 1. The molecule has 0 spiro atoms. The van der Waals surface area contributed by atoms with E-state index in [1.807, 2.05) is 6.92 Å². The first kappa shape index (κ1) is 19.3. The maximum absolute atomic E-state index is 12.5. The van der Waals surface area contributed by atoms with Crippen LogP contribution in [0, 0.1) is 6.92 Å². The highest BCUT2D eigenvalue weighted by Crippen LogP contribution is 2.13. The molecule has 0 saturated carbocycles. The van der Waals surface area contributed by atoms with Gasteiger partial charge in [0.05, 0.1) is 0 Å². The molecule has 2 aromatic rings. The fourth-order valence-electron chi connectivity index (χ4n) is 3.04. The average Bonchev–Trinajstić information content (AvgIpc) is 2.71. The van der Waals surface area contributed by atoms with Gasteiger partial charge in [-0.3, -0.25) is 19.2 Å². The first-order valence-electron chi connectivity index (χ1n) is 9.02. The Morgan fingerprint density at radius 1 is 1.04 bits per heavy atom. The zero-order valence-electron chi connectivity index (χ0n) is 15.6. The maximum Gasteiger partial charge on any atom is 0.253 e. The Hall–Kier alpha value is -3.42. The Balaban J connectivity index is 1.59. The quantitative estimate of drug-likeness (QED) is 0.771. The first-order valence-corrected chi connectivity index (χ1v) is 9.02. The lowest BCUT2D eigenvalue weighted by Gasteiger charge is -2.32. The third-order valence-corrected chi connectivity index (χ3v) is 4.61. The molecule has 0 unspecified atom stereocenters. The zero-order valence-corrected chi connectivity index (χ0v) is 15.6. The molecule has 2 heterocycles. The van der Waals surface area contributed by atoms with Gasteiger partial charge in [-0.05, 0) is 36.8 Å². The summed E-state index contributed by atoms with van der Waals surface area (Å²) in [5.41, 5.74) is 1.72.